The molecule has 0 atom stereocenters. The van der Waals surface area contributed by atoms with Gasteiger partial charge in [0.2, 0.25) is 17.7 Å². The Bertz CT molecular complexity index is 751. The van der Waals surface area contributed by atoms with Gasteiger partial charge in [0, 0.05) is 36.9 Å². The second-order valence-electron chi connectivity index (χ2n) is 5.18. The summed E-state index contributed by atoms with van der Waals surface area (Å²) in [7, 11) is 0. The van der Waals surface area contributed by atoms with Gasteiger partial charge in [0.1, 0.15) is 0 Å². The normalized spacial score (nSPS) is 14.9. The largest absolute Gasteiger partial charge is 0.325 e. The third kappa shape index (κ3) is 2.67. The van der Waals surface area contributed by atoms with Gasteiger partial charge >= 0.3 is 0 Å². The van der Waals surface area contributed by atoms with E-state index in [4.69, 9.17) is 0 Å². The average molecular weight is 301 g/mol. The van der Waals surface area contributed by atoms with Crippen LogP contribution in [0.25, 0.3) is 11.0 Å². The molecule has 0 aromatic carbocycles. The van der Waals surface area contributed by atoms with E-state index in [2.05, 4.69) is 20.5 Å². The Morgan fingerprint density at radius 1 is 1.36 bits per heavy atom. The van der Waals surface area contributed by atoms with Crippen LogP contribution in [-0.2, 0) is 14.4 Å². The fourth-order valence-corrected chi connectivity index (χ4v) is 2.40. The third-order valence-electron chi connectivity index (χ3n) is 3.60. The zero-order valence-corrected chi connectivity index (χ0v) is 12.0. The molecule has 0 saturated carbocycles. The molecule has 114 valence electrons. The lowest BCUT2D eigenvalue weighted by Gasteiger charge is -2.13. The maximum atomic E-state index is 11.9. The zero-order valence-electron chi connectivity index (χ0n) is 12.0. The molecule has 1 saturated heterocycles. The van der Waals surface area contributed by atoms with Crippen molar-refractivity contribution in [3.63, 3.8) is 0 Å². The van der Waals surface area contributed by atoms with Crippen LogP contribution in [0.5, 0.6) is 0 Å². The van der Waals surface area contributed by atoms with E-state index in [1.54, 1.807) is 6.07 Å². The van der Waals surface area contributed by atoms with Crippen LogP contribution in [0.2, 0.25) is 0 Å². The first kappa shape index (κ1) is 14.2. The number of aromatic nitrogens is 3. The van der Waals surface area contributed by atoms with Gasteiger partial charge in [-0.2, -0.15) is 5.10 Å². The highest BCUT2D eigenvalue weighted by Crippen LogP contribution is 2.18. The number of carbonyl (C=O) groups excluding carboxylic acids is 3. The van der Waals surface area contributed by atoms with E-state index < -0.39 is 0 Å². The zero-order chi connectivity index (χ0) is 15.7. The Morgan fingerprint density at radius 2 is 2.09 bits per heavy atom. The number of likely N-dealkylation sites (tertiary alicyclic amines) is 1. The van der Waals surface area contributed by atoms with Gasteiger partial charge in [0.15, 0.2) is 5.65 Å². The third-order valence-corrected chi connectivity index (χ3v) is 3.60. The van der Waals surface area contributed by atoms with Crippen molar-refractivity contribution in [2.75, 3.05) is 11.9 Å². The fraction of sp³-hybridized carbons (Fsp3) is 0.357. The van der Waals surface area contributed by atoms with E-state index in [9.17, 15) is 14.4 Å². The maximum absolute atomic E-state index is 11.9. The monoisotopic (exact) mass is 301 g/mol. The first-order valence-corrected chi connectivity index (χ1v) is 6.98. The quantitative estimate of drug-likeness (QED) is 0.810. The lowest BCUT2D eigenvalue weighted by Crippen LogP contribution is -2.32. The number of aromatic amines is 1. The SMILES string of the molecule is Cc1[nH]nc2ncc(NC(=O)CCN3C(=O)CCC3=O)cc12. The number of aryl methyl sites for hydroxylation is 1. The van der Waals surface area contributed by atoms with Crippen molar-refractivity contribution in [1.82, 2.24) is 20.1 Å². The summed E-state index contributed by atoms with van der Waals surface area (Å²) in [6.45, 7) is 1.98. The number of hydrogen-bond acceptors (Lipinski definition) is 5. The van der Waals surface area contributed by atoms with E-state index in [0.717, 1.165) is 16.0 Å². The van der Waals surface area contributed by atoms with Gasteiger partial charge in [-0.3, -0.25) is 24.4 Å². The van der Waals surface area contributed by atoms with Gasteiger partial charge in [-0.25, -0.2) is 4.98 Å². The molecule has 3 amide bonds. The van der Waals surface area contributed by atoms with Crippen molar-refractivity contribution >= 4 is 34.4 Å². The molecule has 2 aromatic rings. The maximum Gasteiger partial charge on any atom is 0.229 e. The predicted molar refractivity (Wildman–Crippen MR) is 77.8 cm³/mol. The summed E-state index contributed by atoms with van der Waals surface area (Å²) < 4.78 is 0. The molecule has 0 aliphatic carbocycles. The molecule has 22 heavy (non-hydrogen) atoms. The van der Waals surface area contributed by atoms with Crippen molar-refractivity contribution in [2.24, 2.45) is 0 Å². The molecular formula is C14H15N5O3. The summed E-state index contributed by atoms with van der Waals surface area (Å²) in [6.07, 6.45) is 2.06. The van der Waals surface area contributed by atoms with Gasteiger partial charge in [0.25, 0.3) is 0 Å². The first-order valence-electron chi connectivity index (χ1n) is 6.98. The summed E-state index contributed by atoms with van der Waals surface area (Å²) in [4.78, 5) is 40.1. The average Bonchev–Trinajstić information content (AvgIpc) is 3.01. The Balaban J connectivity index is 1.62. The minimum Gasteiger partial charge on any atom is -0.325 e. The highest BCUT2D eigenvalue weighted by Gasteiger charge is 2.28. The van der Waals surface area contributed by atoms with E-state index in [1.807, 2.05) is 6.92 Å². The number of H-pyrrole nitrogens is 1. The summed E-state index contributed by atoms with van der Waals surface area (Å²) in [5.74, 6) is -0.695. The molecule has 3 heterocycles. The molecule has 0 radical (unpaired) electrons. The van der Waals surface area contributed by atoms with Crippen molar-refractivity contribution < 1.29 is 14.4 Å². The Labute approximate surface area is 125 Å². The minimum atomic E-state index is -0.269. The van der Waals surface area contributed by atoms with Crippen LogP contribution in [0.15, 0.2) is 12.3 Å². The second kappa shape index (κ2) is 5.55. The molecule has 2 aromatic heterocycles. The van der Waals surface area contributed by atoms with Gasteiger partial charge in [-0.15, -0.1) is 0 Å². The first-order chi connectivity index (χ1) is 10.5. The van der Waals surface area contributed by atoms with Crippen molar-refractivity contribution in [1.29, 1.82) is 0 Å². The van der Waals surface area contributed by atoms with Gasteiger partial charge in [-0.05, 0) is 13.0 Å². The number of amides is 3. The Morgan fingerprint density at radius 3 is 2.82 bits per heavy atom. The number of fused-ring (bicyclic) bond motifs is 1. The van der Waals surface area contributed by atoms with Crippen LogP contribution in [0.4, 0.5) is 5.69 Å². The standard InChI is InChI=1S/C14H15N5O3/c1-8-10-6-9(7-15-14(10)18-17-8)16-11(20)4-5-19-12(21)2-3-13(19)22/h6-7H,2-5H2,1H3,(H,16,20)(H,15,17,18). The molecule has 8 nitrogen and oxygen atoms in total. The number of hydrogen-bond donors (Lipinski definition) is 2. The predicted octanol–water partition coefficient (Wildman–Crippen LogP) is 0.744. The summed E-state index contributed by atoms with van der Waals surface area (Å²) in [5, 5.41) is 10.4. The molecule has 0 bridgehead atoms. The van der Waals surface area contributed by atoms with Crippen LogP contribution >= 0.6 is 0 Å². The molecule has 1 aliphatic rings. The summed E-state index contributed by atoms with van der Waals surface area (Å²) in [5.41, 5.74) is 2.01. The van der Waals surface area contributed by atoms with Crippen LogP contribution in [0, 0.1) is 6.92 Å². The number of imide groups is 1. The van der Waals surface area contributed by atoms with Crippen LogP contribution in [0.3, 0.4) is 0 Å². The smallest absolute Gasteiger partial charge is 0.229 e. The minimum absolute atomic E-state index is 0.0693. The van der Waals surface area contributed by atoms with Crippen molar-refractivity contribution in [3.05, 3.63) is 18.0 Å². The van der Waals surface area contributed by atoms with E-state index in [-0.39, 0.29) is 43.5 Å². The van der Waals surface area contributed by atoms with E-state index in [1.165, 1.54) is 6.20 Å². The number of nitrogens with one attached hydrogen (secondary N) is 2. The molecule has 1 aliphatic heterocycles. The lowest BCUT2D eigenvalue weighted by atomic mass is 10.2. The number of rotatable bonds is 4. The molecule has 3 rings (SSSR count). The number of carbonyl (C=O) groups is 3. The van der Waals surface area contributed by atoms with Gasteiger partial charge in [0.05, 0.1) is 11.9 Å². The Kier molecular flexibility index (Phi) is 3.58. The topological polar surface area (TPSA) is 108 Å². The molecule has 0 unspecified atom stereocenters. The molecule has 8 heteroatoms. The van der Waals surface area contributed by atoms with Crippen molar-refractivity contribution in [2.45, 2.75) is 26.2 Å². The van der Waals surface area contributed by atoms with E-state index in [0.29, 0.717) is 11.3 Å². The van der Waals surface area contributed by atoms with Crippen LogP contribution < -0.4 is 5.32 Å². The molecular weight excluding hydrogens is 286 g/mol. The highest BCUT2D eigenvalue weighted by atomic mass is 16.2. The number of pyridine rings is 1. The molecule has 0 spiro atoms. The van der Waals surface area contributed by atoms with Gasteiger partial charge < -0.3 is 5.32 Å². The fourth-order valence-electron chi connectivity index (χ4n) is 2.40. The highest BCUT2D eigenvalue weighted by molar-refractivity contribution is 6.02. The molecule has 1 fully saturated rings. The lowest BCUT2D eigenvalue weighted by molar-refractivity contribution is -0.138. The van der Waals surface area contributed by atoms with Crippen molar-refractivity contribution in [3.8, 4) is 0 Å². The number of anilines is 1. The second-order valence-corrected chi connectivity index (χ2v) is 5.18. The van der Waals surface area contributed by atoms with Crippen LogP contribution in [0.1, 0.15) is 25.0 Å². The number of nitrogens with zero attached hydrogens (tertiary/aromatic N) is 3. The Hall–Kier alpha value is -2.77. The summed E-state index contributed by atoms with van der Waals surface area (Å²) in [6, 6.07) is 1.78. The van der Waals surface area contributed by atoms with E-state index >= 15 is 0 Å². The summed E-state index contributed by atoms with van der Waals surface area (Å²) >= 11 is 0. The van der Waals surface area contributed by atoms with Crippen LogP contribution in [-0.4, -0.2) is 44.3 Å². The van der Waals surface area contributed by atoms with Gasteiger partial charge in [-0.1, -0.05) is 0 Å². The molecule has 2 N–H and O–H groups in total.